The summed E-state index contributed by atoms with van der Waals surface area (Å²) >= 11 is 3.33. The fraction of sp³-hybridized carbons (Fsp3) is 0.200. The van der Waals surface area contributed by atoms with Gasteiger partial charge >= 0.3 is 6.09 Å². The van der Waals surface area contributed by atoms with Gasteiger partial charge in [-0.15, -0.1) is 0 Å². The number of phenolic OH excluding ortho intramolecular Hbond substituents is 1. The van der Waals surface area contributed by atoms with Gasteiger partial charge in [0.25, 0.3) is 5.91 Å². The number of nitrogens with one attached hydrogen (secondary N) is 2. The molecule has 2 aromatic rings. The number of hydroxylamine groups is 1. The third kappa shape index (κ3) is 7.42. The predicted molar refractivity (Wildman–Crippen MR) is 108 cm³/mol. The number of carbonyl (C=O) groups is 2. The van der Waals surface area contributed by atoms with Crippen molar-refractivity contribution >= 4 is 33.6 Å². The highest BCUT2D eigenvalue weighted by molar-refractivity contribution is 9.10. The number of rotatable bonds is 8. The summed E-state index contributed by atoms with van der Waals surface area (Å²) in [5.41, 5.74) is 2.88. The second kappa shape index (κ2) is 11.1. The Morgan fingerprint density at radius 1 is 1.11 bits per heavy atom. The molecule has 1 atom stereocenters. The van der Waals surface area contributed by atoms with E-state index in [9.17, 15) is 14.7 Å². The fourth-order valence-corrected chi connectivity index (χ4v) is 2.71. The molecule has 0 aliphatic carbocycles. The van der Waals surface area contributed by atoms with Crippen molar-refractivity contribution in [3.8, 4) is 5.75 Å². The molecule has 0 bridgehead atoms. The van der Waals surface area contributed by atoms with Crippen LogP contribution in [0.2, 0.25) is 0 Å². The van der Waals surface area contributed by atoms with Crippen molar-refractivity contribution in [2.75, 3.05) is 5.32 Å². The van der Waals surface area contributed by atoms with Crippen LogP contribution in [0.15, 0.2) is 65.2 Å². The van der Waals surface area contributed by atoms with E-state index >= 15 is 0 Å². The second-order valence-electron chi connectivity index (χ2n) is 5.93. The lowest BCUT2D eigenvalue weighted by molar-refractivity contribution is -0.124. The number of phenols is 1. The van der Waals surface area contributed by atoms with Gasteiger partial charge in [-0.05, 0) is 61.2 Å². The number of carbonyl (C=O) groups excluding carboxylic acids is 2. The van der Waals surface area contributed by atoms with Gasteiger partial charge in [-0.1, -0.05) is 34.1 Å². The molecule has 0 saturated heterocycles. The van der Waals surface area contributed by atoms with Gasteiger partial charge in [-0.25, -0.2) is 10.3 Å². The summed E-state index contributed by atoms with van der Waals surface area (Å²) in [4.78, 5) is 23.2. The number of anilines is 1. The standard InChI is InChI=1S/C20H21BrN2O5/c21-15-8-10-16(11-9-15)22-20(26)28-18(14-6-12-17(24)13-7-14)4-2-1-3-5-19(25)23-27/h3,5-13,18,24,27H,1-2,4H2,(H,22,26)(H,23,25)/b5-3+/t18-/m1/s1. The number of allylic oxidation sites excluding steroid dienone is 1. The molecule has 0 saturated carbocycles. The van der Waals surface area contributed by atoms with E-state index in [-0.39, 0.29) is 5.75 Å². The van der Waals surface area contributed by atoms with Crippen LogP contribution in [0.5, 0.6) is 5.75 Å². The number of amides is 2. The zero-order chi connectivity index (χ0) is 20.4. The minimum atomic E-state index is -0.597. The smallest absolute Gasteiger partial charge is 0.412 e. The Morgan fingerprint density at radius 2 is 1.79 bits per heavy atom. The molecule has 2 amide bonds. The van der Waals surface area contributed by atoms with Crippen molar-refractivity contribution in [1.29, 1.82) is 0 Å². The molecule has 0 heterocycles. The van der Waals surface area contributed by atoms with Crippen LogP contribution in [0.4, 0.5) is 10.5 Å². The number of unbranched alkanes of at least 4 members (excludes halogenated alkanes) is 1. The van der Waals surface area contributed by atoms with Crippen LogP contribution in [0.1, 0.15) is 30.9 Å². The molecular weight excluding hydrogens is 428 g/mol. The lowest BCUT2D eigenvalue weighted by atomic mass is 10.0. The average molecular weight is 449 g/mol. The van der Waals surface area contributed by atoms with E-state index in [1.54, 1.807) is 30.3 Å². The molecule has 0 spiro atoms. The molecular formula is C20H21BrN2O5. The van der Waals surface area contributed by atoms with Crippen molar-refractivity contribution in [3.63, 3.8) is 0 Å². The Labute approximate surface area is 171 Å². The van der Waals surface area contributed by atoms with Crippen LogP contribution < -0.4 is 10.8 Å². The quantitative estimate of drug-likeness (QED) is 0.203. The Kier molecular flexibility index (Phi) is 8.51. The molecule has 0 aliphatic rings. The van der Waals surface area contributed by atoms with Crippen LogP contribution >= 0.6 is 15.9 Å². The highest BCUT2D eigenvalue weighted by Crippen LogP contribution is 2.26. The van der Waals surface area contributed by atoms with E-state index in [2.05, 4.69) is 21.2 Å². The summed E-state index contributed by atoms with van der Waals surface area (Å²) in [5.74, 6) is -0.472. The molecule has 8 heteroatoms. The van der Waals surface area contributed by atoms with Crippen LogP contribution in [-0.2, 0) is 9.53 Å². The van der Waals surface area contributed by atoms with Gasteiger partial charge < -0.3 is 9.84 Å². The fourth-order valence-electron chi connectivity index (χ4n) is 2.44. The van der Waals surface area contributed by atoms with Crippen LogP contribution in [-0.4, -0.2) is 22.3 Å². The number of halogens is 1. The van der Waals surface area contributed by atoms with E-state index in [0.717, 1.165) is 10.0 Å². The topological polar surface area (TPSA) is 108 Å². The Balaban J connectivity index is 1.98. The lowest BCUT2D eigenvalue weighted by Gasteiger charge is -2.18. The summed E-state index contributed by atoms with van der Waals surface area (Å²) in [5, 5.41) is 20.6. The molecule has 4 N–H and O–H groups in total. The average Bonchev–Trinajstić information content (AvgIpc) is 2.69. The Morgan fingerprint density at radius 3 is 2.43 bits per heavy atom. The van der Waals surface area contributed by atoms with Gasteiger partial charge in [-0.3, -0.25) is 15.3 Å². The van der Waals surface area contributed by atoms with Crippen molar-refractivity contribution in [1.82, 2.24) is 5.48 Å². The SMILES string of the molecule is O=C(/C=C/CCC[C@@H](OC(=O)Nc1ccc(Br)cc1)c1ccc(O)cc1)NO. The molecule has 0 aromatic heterocycles. The summed E-state index contributed by atoms with van der Waals surface area (Å²) in [6.45, 7) is 0. The molecule has 0 radical (unpaired) electrons. The van der Waals surface area contributed by atoms with E-state index in [0.29, 0.717) is 24.9 Å². The number of hydrogen-bond donors (Lipinski definition) is 4. The first-order valence-corrected chi connectivity index (χ1v) is 9.40. The second-order valence-corrected chi connectivity index (χ2v) is 6.84. The van der Waals surface area contributed by atoms with Crippen molar-refractivity contribution in [2.45, 2.75) is 25.4 Å². The van der Waals surface area contributed by atoms with E-state index < -0.39 is 18.1 Å². The number of aromatic hydroxyl groups is 1. The van der Waals surface area contributed by atoms with Gasteiger partial charge in [0.05, 0.1) is 0 Å². The number of benzene rings is 2. The van der Waals surface area contributed by atoms with E-state index in [1.807, 2.05) is 12.1 Å². The van der Waals surface area contributed by atoms with Crippen molar-refractivity contribution in [2.24, 2.45) is 0 Å². The lowest BCUT2D eigenvalue weighted by Crippen LogP contribution is -2.17. The summed E-state index contributed by atoms with van der Waals surface area (Å²) in [6, 6.07) is 13.6. The first-order chi connectivity index (χ1) is 13.5. The maximum Gasteiger partial charge on any atom is 0.412 e. The normalized spacial score (nSPS) is 11.8. The maximum atomic E-state index is 12.3. The first-order valence-electron chi connectivity index (χ1n) is 8.60. The molecule has 148 valence electrons. The molecule has 28 heavy (non-hydrogen) atoms. The minimum absolute atomic E-state index is 0.125. The van der Waals surface area contributed by atoms with Crippen molar-refractivity contribution in [3.05, 3.63) is 70.7 Å². The monoisotopic (exact) mass is 448 g/mol. The van der Waals surface area contributed by atoms with Gasteiger partial charge in [0, 0.05) is 16.2 Å². The summed E-state index contributed by atoms with van der Waals surface area (Å²) in [7, 11) is 0. The van der Waals surface area contributed by atoms with Gasteiger partial charge in [0.15, 0.2) is 0 Å². The van der Waals surface area contributed by atoms with E-state index in [1.165, 1.54) is 23.7 Å². The van der Waals surface area contributed by atoms with Gasteiger partial charge in [0.2, 0.25) is 0 Å². The zero-order valence-electron chi connectivity index (χ0n) is 15.0. The first kappa shape index (κ1) is 21.5. The molecule has 0 unspecified atom stereocenters. The van der Waals surface area contributed by atoms with Crippen molar-refractivity contribution < 1.29 is 24.6 Å². The summed E-state index contributed by atoms with van der Waals surface area (Å²) in [6.07, 6.45) is 3.49. The van der Waals surface area contributed by atoms with Gasteiger partial charge in [-0.2, -0.15) is 0 Å². The molecule has 0 aliphatic heterocycles. The molecule has 7 nitrogen and oxygen atoms in total. The Hall–Kier alpha value is -2.84. The highest BCUT2D eigenvalue weighted by Gasteiger charge is 2.17. The van der Waals surface area contributed by atoms with Crippen LogP contribution in [0.25, 0.3) is 0 Å². The number of hydrogen-bond acceptors (Lipinski definition) is 5. The summed E-state index contributed by atoms with van der Waals surface area (Å²) < 4.78 is 6.47. The third-order valence-corrected chi connectivity index (χ3v) is 4.35. The largest absolute Gasteiger partial charge is 0.508 e. The van der Waals surface area contributed by atoms with Crippen LogP contribution in [0, 0.1) is 0 Å². The molecule has 2 aromatic carbocycles. The van der Waals surface area contributed by atoms with Gasteiger partial charge in [0.1, 0.15) is 11.9 Å². The maximum absolute atomic E-state index is 12.3. The van der Waals surface area contributed by atoms with Crippen LogP contribution in [0.3, 0.4) is 0 Å². The molecule has 0 fully saturated rings. The van der Waals surface area contributed by atoms with E-state index in [4.69, 9.17) is 9.94 Å². The third-order valence-electron chi connectivity index (χ3n) is 3.82. The number of ether oxygens (including phenoxy) is 1. The Bertz CT molecular complexity index is 806. The molecule has 2 rings (SSSR count). The zero-order valence-corrected chi connectivity index (χ0v) is 16.6. The minimum Gasteiger partial charge on any atom is -0.508 e. The predicted octanol–water partition coefficient (Wildman–Crippen LogP) is 4.68. The highest BCUT2D eigenvalue weighted by atomic mass is 79.9.